The molecule has 0 nitrogen and oxygen atoms in total. The summed E-state index contributed by atoms with van der Waals surface area (Å²) in [4.78, 5) is 0. The molecule has 2 unspecified atom stereocenters. The molecule has 6 aromatic carbocycles. The molecule has 0 amide bonds. The van der Waals surface area contributed by atoms with Gasteiger partial charge in [0.05, 0.1) is 0 Å². The van der Waals surface area contributed by atoms with Crippen molar-refractivity contribution in [3.05, 3.63) is 193 Å². The van der Waals surface area contributed by atoms with Crippen LogP contribution in [-0.4, -0.2) is 6.71 Å². The zero-order valence-electron chi connectivity index (χ0n) is 27.0. The first-order chi connectivity index (χ1) is 23.1. The summed E-state index contributed by atoms with van der Waals surface area (Å²) in [6, 6.07) is 51.5. The van der Waals surface area contributed by atoms with Gasteiger partial charge in [-0.1, -0.05) is 180 Å². The molecule has 0 saturated carbocycles. The molecule has 2 aliphatic carbocycles. The Morgan fingerprint density at radius 1 is 0.511 bits per heavy atom. The van der Waals surface area contributed by atoms with Crippen LogP contribution in [-0.2, 0) is 0 Å². The molecule has 0 fully saturated rings. The highest BCUT2D eigenvalue weighted by Crippen LogP contribution is 2.42. The fourth-order valence-electron chi connectivity index (χ4n) is 7.83. The van der Waals surface area contributed by atoms with Crippen LogP contribution in [0.5, 0.6) is 0 Å². The maximum Gasteiger partial charge on any atom is 0.218 e. The second kappa shape index (κ2) is 12.4. The first-order valence-corrected chi connectivity index (χ1v) is 16.7. The van der Waals surface area contributed by atoms with Gasteiger partial charge in [-0.05, 0) is 87.6 Å². The molecule has 0 aliphatic heterocycles. The molecule has 2 atom stereocenters. The van der Waals surface area contributed by atoms with E-state index in [0.717, 1.165) is 0 Å². The topological polar surface area (TPSA) is 0 Å². The van der Waals surface area contributed by atoms with Crippen LogP contribution in [0.1, 0.15) is 12.5 Å². The van der Waals surface area contributed by atoms with Gasteiger partial charge in [-0.25, -0.2) is 0 Å². The molecule has 0 radical (unpaired) electrons. The van der Waals surface area contributed by atoms with Crippen LogP contribution in [0, 0.1) is 12.8 Å². The lowest BCUT2D eigenvalue weighted by atomic mass is 9.29. The summed E-state index contributed by atoms with van der Waals surface area (Å²) < 4.78 is 0. The summed E-state index contributed by atoms with van der Waals surface area (Å²) in [5.41, 5.74) is 14.4. The third kappa shape index (κ3) is 5.53. The highest BCUT2D eigenvalue weighted by atomic mass is 14.3. The van der Waals surface area contributed by atoms with Gasteiger partial charge in [0.1, 0.15) is 0 Å². The number of hydrogen-bond acceptors (Lipinski definition) is 0. The minimum absolute atomic E-state index is 0.174. The maximum atomic E-state index is 2.47. The van der Waals surface area contributed by atoms with E-state index in [1.165, 1.54) is 71.8 Å². The lowest BCUT2D eigenvalue weighted by Gasteiger charge is -2.37. The van der Waals surface area contributed by atoms with E-state index >= 15 is 0 Å². The van der Waals surface area contributed by atoms with Crippen molar-refractivity contribution in [3.8, 4) is 33.4 Å². The third-order valence-corrected chi connectivity index (χ3v) is 10.1. The number of fused-ring (bicyclic) bond motifs is 2. The Balaban J connectivity index is 1.34. The zero-order chi connectivity index (χ0) is 31.7. The zero-order valence-corrected chi connectivity index (χ0v) is 27.0. The van der Waals surface area contributed by atoms with Crippen molar-refractivity contribution < 1.29 is 0 Å². The van der Waals surface area contributed by atoms with E-state index in [2.05, 4.69) is 190 Å². The average molecular weight is 601 g/mol. The van der Waals surface area contributed by atoms with Gasteiger partial charge in [0.15, 0.2) is 0 Å². The van der Waals surface area contributed by atoms with E-state index in [4.69, 9.17) is 0 Å². The van der Waals surface area contributed by atoms with Crippen LogP contribution in [0.3, 0.4) is 0 Å². The smallest absolute Gasteiger partial charge is 0.0771 e. The van der Waals surface area contributed by atoms with Crippen LogP contribution in [0.15, 0.2) is 187 Å². The molecular formula is C46H37B. The lowest BCUT2D eigenvalue weighted by Crippen LogP contribution is -2.50. The summed E-state index contributed by atoms with van der Waals surface area (Å²) in [5.74, 6) is 0.620. The van der Waals surface area contributed by atoms with Crippen molar-refractivity contribution in [1.82, 2.24) is 0 Å². The number of hydrogen-bond donors (Lipinski definition) is 0. The van der Waals surface area contributed by atoms with E-state index in [9.17, 15) is 0 Å². The Morgan fingerprint density at radius 3 is 1.87 bits per heavy atom. The second-order valence-corrected chi connectivity index (χ2v) is 13.0. The van der Waals surface area contributed by atoms with Crippen LogP contribution >= 0.6 is 0 Å². The molecule has 1 heteroatoms. The fourth-order valence-corrected chi connectivity index (χ4v) is 7.83. The van der Waals surface area contributed by atoms with Crippen molar-refractivity contribution in [2.75, 3.05) is 0 Å². The molecule has 0 bridgehead atoms. The first kappa shape index (κ1) is 29.0. The largest absolute Gasteiger partial charge is 0.218 e. The Labute approximate surface area is 279 Å². The standard InChI is InChI=1S/C46H37B/c1-32-24-26-36-18-9-11-22-43(36)45(32)47(46-33(2)25-27-37-19-10-12-23-44(37)46)42-21-13-20-38(31-42)41-29-39(34-14-5-3-6-15-34)28-40(30-41)35-16-7-4-8-17-35/h3-31,43,45H,1-2H3. The molecule has 47 heavy (non-hydrogen) atoms. The van der Waals surface area contributed by atoms with Gasteiger partial charge in [0, 0.05) is 5.92 Å². The Hall–Kier alpha value is -5.40. The minimum atomic E-state index is 0.174. The van der Waals surface area contributed by atoms with Crippen molar-refractivity contribution in [3.63, 3.8) is 0 Å². The van der Waals surface area contributed by atoms with Gasteiger partial charge in [-0.15, -0.1) is 0 Å². The van der Waals surface area contributed by atoms with Gasteiger partial charge in [-0.2, -0.15) is 0 Å². The van der Waals surface area contributed by atoms with E-state index in [0.29, 0.717) is 11.7 Å². The SMILES string of the molecule is CC1=CC=C2C=CC=CC2C1B(c1cccc(-c2cc(-c3ccccc3)cc(-c3ccccc3)c2)c1)c1c(C)ccc2ccccc12. The van der Waals surface area contributed by atoms with Crippen molar-refractivity contribution in [2.24, 2.45) is 5.92 Å². The number of rotatable bonds is 6. The van der Waals surface area contributed by atoms with Crippen LogP contribution in [0.4, 0.5) is 0 Å². The van der Waals surface area contributed by atoms with Crippen molar-refractivity contribution in [1.29, 1.82) is 0 Å². The van der Waals surface area contributed by atoms with Crippen LogP contribution in [0.2, 0.25) is 5.82 Å². The number of benzene rings is 6. The van der Waals surface area contributed by atoms with Gasteiger partial charge >= 0.3 is 0 Å². The highest BCUT2D eigenvalue weighted by Gasteiger charge is 2.39. The molecule has 8 rings (SSSR count). The third-order valence-electron chi connectivity index (χ3n) is 10.1. The summed E-state index contributed by atoms with van der Waals surface area (Å²) in [5, 5.41) is 2.64. The monoisotopic (exact) mass is 600 g/mol. The lowest BCUT2D eigenvalue weighted by molar-refractivity contribution is 0.734. The second-order valence-electron chi connectivity index (χ2n) is 13.0. The quantitative estimate of drug-likeness (QED) is 0.167. The molecule has 0 heterocycles. The Bertz CT molecular complexity index is 2160. The molecule has 2 aliphatic rings. The fraction of sp³-hybridized carbons (Fsp3) is 0.0870. The van der Waals surface area contributed by atoms with Crippen LogP contribution in [0.25, 0.3) is 44.2 Å². The molecule has 0 aromatic heterocycles. The van der Waals surface area contributed by atoms with Gasteiger partial charge in [-0.3, -0.25) is 0 Å². The normalized spacial score (nSPS) is 16.8. The van der Waals surface area contributed by atoms with Gasteiger partial charge in [0.2, 0.25) is 6.71 Å². The predicted molar refractivity (Wildman–Crippen MR) is 204 cm³/mol. The molecule has 224 valence electrons. The molecular weight excluding hydrogens is 563 g/mol. The molecule has 0 spiro atoms. The maximum absolute atomic E-state index is 2.47. The Kier molecular flexibility index (Phi) is 7.67. The molecule has 0 saturated heterocycles. The first-order valence-electron chi connectivity index (χ1n) is 16.7. The van der Waals surface area contributed by atoms with E-state index < -0.39 is 0 Å². The predicted octanol–water partition coefficient (Wildman–Crippen LogP) is 10.8. The summed E-state index contributed by atoms with van der Waals surface area (Å²) in [6.45, 7) is 4.80. The van der Waals surface area contributed by atoms with Crippen LogP contribution < -0.4 is 10.9 Å². The molecule has 6 aromatic rings. The summed E-state index contributed by atoms with van der Waals surface area (Å²) in [6.07, 6.45) is 13.8. The minimum Gasteiger partial charge on any atom is -0.0771 e. The number of allylic oxidation sites excluding steroid dienone is 8. The average Bonchev–Trinajstić information content (AvgIpc) is 3.14. The van der Waals surface area contributed by atoms with E-state index in [-0.39, 0.29) is 6.71 Å². The highest BCUT2D eigenvalue weighted by molar-refractivity contribution is 6.89. The summed E-state index contributed by atoms with van der Waals surface area (Å²) >= 11 is 0. The molecule has 0 N–H and O–H groups in total. The number of aryl methyl sites for hydroxylation is 1. The van der Waals surface area contributed by atoms with Gasteiger partial charge in [0.25, 0.3) is 0 Å². The Morgan fingerprint density at radius 2 is 1.15 bits per heavy atom. The summed E-state index contributed by atoms with van der Waals surface area (Å²) in [7, 11) is 0. The van der Waals surface area contributed by atoms with Gasteiger partial charge < -0.3 is 0 Å². The van der Waals surface area contributed by atoms with E-state index in [1.54, 1.807) is 0 Å². The van der Waals surface area contributed by atoms with Crippen molar-refractivity contribution >= 4 is 28.4 Å². The van der Waals surface area contributed by atoms with E-state index in [1.807, 2.05) is 0 Å². The van der Waals surface area contributed by atoms with Crippen molar-refractivity contribution in [2.45, 2.75) is 19.7 Å².